The van der Waals surface area contributed by atoms with Gasteiger partial charge in [0.2, 0.25) is 11.8 Å². The number of nitrogens with one attached hydrogen (secondary N) is 4. The summed E-state index contributed by atoms with van der Waals surface area (Å²) in [6.07, 6.45) is 4.22. The molecule has 1 aromatic heterocycles. The van der Waals surface area contributed by atoms with Gasteiger partial charge in [-0.1, -0.05) is 81.4 Å². The van der Waals surface area contributed by atoms with Crippen LogP contribution in [-0.4, -0.2) is 45.4 Å². The van der Waals surface area contributed by atoms with Gasteiger partial charge in [-0.3, -0.25) is 15.0 Å². The number of carbonyl (C=O) groups excluding carboxylic acids is 3. The Kier molecular flexibility index (Phi) is 9.21. The first-order valence-electron chi connectivity index (χ1n) is 11.9. The number of benzene rings is 2. The first-order valence-corrected chi connectivity index (χ1v) is 11.9. The standard InChI is InChI=1S/C27H34N6O3/c1-27(2,3)25(35)32-33(18-21-12-8-5-9-13-21)26(36)31-23(16-20-10-6-4-7-11-20)24(34)29-15-14-22-17-28-19-30-22/h4-13,17,19,23H,14-16,18H2,1-3H3,(H,28,30)(H,29,34)(H,31,36)(H,32,35)/t23-/m0/s1. The van der Waals surface area contributed by atoms with Crippen molar-refractivity contribution in [3.8, 4) is 0 Å². The minimum atomic E-state index is -0.844. The zero-order valence-corrected chi connectivity index (χ0v) is 21.0. The van der Waals surface area contributed by atoms with E-state index in [-0.39, 0.29) is 18.4 Å². The lowest BCUT2D eigenvalue weighted by molar-refractivity contribution is -0.132. The predicted octanol–water partition coefficient (Wildman–Crippen LogP) is 2.97. The molecule has 0 saturated heterocycles. The van der Waals surface area contributed by atoms with Crippen molar-refractivity contribution in [3.05, 3.63) is 90.0 Å². The molecule has 36 heavy (non-hydrogen) atoms. The van der Waals surface area contributed by atoms with E-state index in [2.05, 4.69) is 26.0 Å². The van der Waals surface area contributed by atoms with Crippen LogP contribution >= 0.6 is 0 Å². The van der Waals surface area contributed by atoms with Crippen molar-refractivity contribution >= 4 is 17.8 Å². The fourth-order valence-corrected chi connectivity index (χ4v) is 3.37. The maximum atomic E-state index is 13.4. The predicted molar refractivity (Wildman–Crippen MR) is 137 cm³/mol. The van der Waals surface area contributed by atoms with Crippen molar-refractivity contribution in [2.75, 3.05) is 6.54 Å². The second kappa shape index (κ2) is 12.5. The number of hydrogen-bond donors (Lipinski definition) is 4. The Bertz CT molecular complexity index is 1110. The van der Waals surface area contributed by atoms with Crippen molar-refractivity contribution in [1.29, 1.82) is 0 Å². The Morgan fingerprint density at radius 1 is 0.972 bits per heavy atom. The van der Waals surface area contributed by atoms with Gasteiger partial charge in [-0.2, -0.15) is 0 Å². The first kappa shape index (κ1) is 26.5. The van der Waals surface area contributed by atoms with Gasteiger partial charge >= 0.3 is 6.03 Å². The minimum absolute atomic E-state index is 0.146. The van der Waals surface area contributed by atoms with Gasteiger partial charge in [0.15, 0.2) is 0 Å². The summed E-state index contributed by atoms with van der Waals surface area (Å²) in [5, 5.41) is 6.93. The van der Waals surface area contributed by atoms with Crippen LogP contribution in [-0.2, 0) is 29.0 Å². The molecule has 0 aliphatic carbocycles. The Balaban J connectivity index is 1.74. The van der Waals surface area contributed by atoms with Crippen molar-refractivity contribution in [1.82, 2.24) is 31.0 Å². The number of urea groups is 1. The fraction of sp³-hybridized carbons (Fsp3) is 0.333. The Hall–Kier alpha value is -4.14. The molecule has 1 heterocycles. The zero-order chi connectivity index (χ0) is 26.0. The number of rotatable bonds is 9. The lowest BCUT2D eigenvalue weighted by Crippen LogP contribution is -2.57. The highest BCUT2D eigenvalue weighted by molar-refractivity contribution is 5.89. The molecule has 0 aliphatic heterocycles. The second-order valence-electron chi connectivity index (χ2n) is 9.56. The molecule has 4 amide bonds. The van der Waals surface area contributed by atoms with E-state index in [1.807, 2.05) is 60.7 Å². The van der Waals surface area contributed by atoms with E-state index < -0.39 is 17.5 Å². The molecule has 3 aromatic rings. The van der Waals surface area contributed by atoms with E-state index in [4.69, 9.17) is 0 Å². The molecule has 190 valence electrons. The van der Waals surface area contributed by atoms with E-state index in [0.717, 1.165) is 16.8 Å². The lowest BCUT2D eigenvalue weighted by atomic mass is 9.96. The largest absolute Gasteiger partial charge is 0.354 e. The summed E-state index contributed by atoms with van der Waals surface area (Å²) in [7, 11) is 0. The number of hydrazine groups is 1. The molecule has 1 atom stereocenters. The van der Waals surface area contributed by atoms with Gasteiger partial charge in [0.1, 0.15) is 6.04 Å². The molecule has 0 saturated carbocycles. The molecular formula is C27H34N6O3. The quantitative estimate of drug-likeness (QED) is 0.345. The summed E-state index contributed by atoms with van der Waals surface area (Å²) in [6.45, 7) is 5.83. The van der Waals surface area contributed by atoms with Gasteiger partial charge in [0.25, 0.3) is 0 Å². The number of aromatic nitrogens is 2. The SMILES string of the molecule is CC(C)(C)C(=O)NN(Cc1ccccc1)C(=O)N[C@@H](Cc1ccccc1)C(=O)NCCc1c[nH]cn1. The molecule has 0 aliphatic rings. The average Bonchev–Trinajstić information content (AvgIpc) is 3.37. The summed E-state index contributed by atoms with van der Waals surface area (Å²) in [4.78, 5) is 46.3. The third-order valence-electron chi connectivity index (χ3n) is 5.48. The summed E-state index contributed by atoms with van der Waals surface area (Å²) < 4.78 is 0. The highest BCUT2D eigenvalue weighted by Gasteiger charge is 2.28. The minimum Gasteiger partial charge on any atom is -0.354 e. The highest BCUT2D eigenvalue weighted by Crippen LogP contribution is 2.14. The topological polar surface area (TPSA) is 119 Å². The van der Waals surface area contributed by atoms with Crippen LogP contribution in [0.3, 0.4) is 0 Å². The summed E-state index contributed by atoms with van der Waals surface area (Å²) in [5.74, 6) is -0.624. The molecular weight excluding hydrogens is 456 g/mol. The fourth-order valence-electron chi connectivity index (χ4n) is 3.37. The van der Waals surface area contributed by atoms with Crippen LogP contribution in [0.2, 0.25) is 0 Å². The molecule has 4 N–H and O–H groups in total. The smallest absolute Gasteiger partial charge is 0.337 e. The third-order valence-corrected chi connectivity index (χ3v) is 5.48. The van der Waals surface area contributed by atoms with Crippen LogP contribution in [0.1, 0.15) is 37.6 Å². The normalized spacial score (nSPS) is 11.9. The molecule has 0 unspecified atom stereocenters. The molecule has 3 rings (SSSR count). The summed E-state index contributed by atoms with van der Waals surface area (Å²) in [5.41, 5.74) is 4.58. The Morgan fingerprint density at radius 3 is 2.19 bits per heavy atom. The molecule has 9 heteroatoms. The summed E-state index contributed by atoms with van der Waals surface area (Å²) in [6, 6.07) is 17.4. The number of nitrogens with zero attached hydrogens (tertiary/aromatic N) is 2. The van der Waals surface area contributed by atoms with E-state index in [0.29, 0.717) is 19.4 Å². The highest BCUT2D eigenvalue weighted by atomic mass is 16.2. The number of H-pyrrole nitrogens is 1. The average molecular weight is 491 g/mol. The lowest BCUT2D eigenvalue weighted by Gasteiger charge is -2.29. The van der Waals surface area contributed by atoms with Crippen LogP contribution in [0.5, 0.6) is 0 Å². The number of aromatic amines is 1. The molecule has 9 nitrogen and oxygen atoms in total. The number of imidazole rings is 1. The third kappa shape index (κ3) is 8.26. The van der Waals surface area contributed by atoms with Crippen LogP contribution in [0.15, 0.2) is 73.2 Å². The maximum Gasteiger partial charge on any atom is 0.337 e. The Labute approximate surface area is 211 Å². The van der Waals surface area contributed by atoms with Crippen molar-refractivity contribution in [2.45, 2.75) is 46.2 Å². The van der Waals surface area contributed by atoms with Crippen LogP contribution in [0, 0.1) is 5.41 Å². The van der Waals surface area contributed by atoms with E-state index in [1.165, 1.54) is 5.01 Å². The first-order chi connectivity index (χ1) is 17.2. The maximum absolute atomic E-state index is 13.4. The van der Waals surface area contributed by atoms with Crippen molar-refractivity contribution in [2.24, 2.45) is 5.41 Å². The number of carbonyl (C=O) groups is 3. The Morgan fingerprint density at radius 2 is 1.61 bits per heavy atom. The van der Waals surface area contributed by atoms with Gasteiger partial charge in [0.05, 0.1) is 18.6 Å². The second-order valence-corrected chi connectivity index (χ2v) is 9.56. The van der Waals surface area contributed by atoms with Crippen LogP contribution < -0.4 is 16.1 Å². The van der Waals surface area contributed by atoms with Crippen molar-refractivity contribution < 1.29 is 14.4 Å². The molecule has 0 spiro atoms. The van der Waals surface area contributed by atoms with E-state index in [1.54, 1.807) is 33.3 Å². The van der Waals surface area contributed by atoms with E-state index in [9.17, 15) is 14.4 Å². The van der Waals surface area contributed by atoms with Gasteiger partial charge in [-0.05, 0) is 11.1 Å². The number of amides is 4. The van der Waals surface area contributed by atoms with Gasteiger partial charge in [-0.25, -0.2) is 14.8 Å². The van der Waals surface area contributed by atoms with Crippen LogP contribution in [0.25, 0.3) is 0 Å². The van der Waals surface area contributed by atoms with Crippen molar-refractivity contribution in [3.63, 3.8) is 0 Å². The van der Waals surface area contributed by atoms with Gasteiger partial charge in [-0.15, -0.1) is 0 Å². The molecule has 0 fully saturated rings. The van der Waals surface area contributed by atoms with E-state index >= 15 is 0 Å². The molecule has 0 radical (unpaired) electrons. The summed E-state index contributed by atoms with van der Waals surface area (Å²) >= 11 is 0. The van der Waals surface area contributed by atoms with Crippen LogP contribution in [0.4, 0.5) is 4.79 Å². The zero-order valence-electron chi connectivity index (χ0n) is 21.0. The monoisotopic (exact) mass is 490 g/mol. The molecule has 2 aromatic carbocycles. The number of hydrogen-bond acceptors (Lipinski definition) is 4. The van der Waals surface area contributed by atoms with Gasteiger partial charge < -0.3 is 15.6 Å². The van der Waals surface area contributed by atoms with Gasteiger partial charge in [0, 0.05) is 31.0 Å². The molecule has 0 bridgehead atoms.